The first-order valence-corrected chi connectivity index (χ1v) is 7.86. The number of pyridine rings is 1. The van der Waals surface area contributed by atoms with Crippen molar-refractivity contribution in [2.24, 2.45) is 0 Å². The number of fused-ring (bicyclic) bond motifs is 1. The van der Waals surface area contributed by atoms with Crippen LogP contribution in [0.3, 0.4) is 0 Å². The van der Waals surface area contributed by atoms with Crippen LogP contribution in [0, 0.1) is 0 Å². The summed E-state index contributed by atoms with van der Waals surface area (Å²) in [6.45, 7) is 4.16. The van der Waals surface area contributed by atoms with Crippen molar-refractivity contribution in [3.8, 4) is 0 Å². The largest absolute Gasteiger partial charge is 0.385 e. The monoisotopic (exact) mass is 322 g/mol. The summed E-state index contributed by atoms with van der Waals surface area (Å²) in [5, 5.41) is 1.75. The normalized spacial score (nSPS) is 11.5. The number of aromatic nitrogens is 1. The molecule has 0 bridgehead atoms. The zero-order valence-electron chi connectivity index (χ0n) is 13.2. The van der Waals surface area contributed by atoms with Gasteiger partial charge in [0.05, 0.1) is 12.1 Å². The second-order valence-corrected chi connectivity index (χ2v) is 5.63. The Labute approximate surface area is 137 Å². The molecule has 0 aliphatic carbocycles. The quantitative estimate of drug-likeness (QED) is 0.663. The first-order valence-electron chi connectivity index (χ1n) is 7.48. The van der Waals surface area contributed by atoms with Crippen LogP contribution >= 0.6 is 11.6 Å². The second-order valence-electron chi connectivity index (χ2n) is 5.22. The average Bonchev–Trinajstić information content (AvgIpc) is 2.55. The lowest BCUT2D eigenvalue weighted by Gasteiger charge is -2.22. The fraction of sp³-hybridized carbons (Fsp3) is 0.471. The number of halogens is 1. The van der Waals surface area contributed by atoms with Gasteiger partial charge in [-0.3, -0.25) is 9.88 Å². The highest BCUT2D eigenvalue weighted by molar-refractivity contribution is 6.35. The Morgan fingerprint density at radius 3 is 2.68 bits per heavy atom. The maximum atomic E-state index is 6.26. The predicted octanol–water partition coefficient (Wildman–Crippen LogP) is 3.37. The maximum Gasteiger partial charge on any atom is 0.0761 e. The highest BCUT2D eigenvalue weighted by atomic mass is 35.5. The Morgan fingerprint density at radius 1 is 1.09 bits per heavy atom. The topological polar surface area (TPSA) is 34.6 Å². The second kappa shape index (κ2) is 9.06. The zero-order chi connectivity index (χ0) is 15.8. The van der Waals surface area contributed by atoms with Crippen LogP contribution in [0.5, 0.6) is 0 Å². The Bertz CT molecular complexity index is 592. The molecule has 0 spiro atoms. The van der Waals surface area contributed by atoms with Gasteiger partial charge >= 0.3 is 0 Å². The van der Waals surface area contributed by atoms with Gasteiger partial charge in [-0.15, -0.1) is 0 Å². The summed E-state index contributed by atoms with van der Waals surface area (Å²) in [5.41, 5.74) is 2.16. The van der Waals surface area contributed by atoms with E-state index in [1.54, 1.807) is 14.2 Å². The number of hydrogen-bond donors (Lipinski definition) is 0. The molecular weight excluding hydrogens is 300 g/mol. The molecule has 4 nitrogen and oxygen atoms in total. The minimum atomic E-state index is 0.714. The molecule has 120 valence electrons. The van der Waals surface area contributed by atoms with Crippen LogP contribution in [0.25, 0.3) is 10.9 Å². The van der Waals surface area contributed by atoms with Gasteiger partial charge in [-0.25, -0.2) is 0 Å². The molecule has 0 radical (unpaired) electrons. The third-order valence-corrected chi connectivity index (χ3v) is 3.96. The van der Waals surface area contributed by atoms with Gasteiger partial charge in [0.25, 0.3) is 0 Å². The van der Waals surface area contributed by atoms with Crippen LogP contribution in [-0.2, 0) is 16.0 Å². The van der Waals surface area contributed by atoms with E-state index < -0.39 is 0 Å². The number of hydrogen-bond acceptors (Lipinski definition) is 4. The van der Waals surface area contributed by atoms with Crippen LogP contribution in [0.2, 0.25) is 5.02 Å². The Morgan fingerprint density at radius 2 is 1.91 bits per heavy atom. The van der Waals surface area contributed by atoms with Crippen LogP contribution in [0.1, 0.15) is 12.0 Å². The van der Waals surface area contributed by atoms with Crippen LogP contribution in [0.4, 0.5) is 0 Å². The maximum absolute atomic E-state index is 6.26. The van der Waals surface area contributed by atoms with Crippen molar-refractivity contribution in [3.05, 3.63) is 41.0 Å². The van der Waals surface area contributed by atoms with E-state index in [0.717, 1.165) is 48.6 Å². The molecule has 5 heteroatoms. The SMILES string of the molecule is COCCCN(CCOC)Cc1ccc(Cl)c2cccnc12. The standard InChI is InChI=1S/C17H23ClN2O2/c1-21-11-4-9-20(10-12-22-2)13-14-6-7-16(18)15-5-3-8-19-17(14)15/h3,5-8H,4,9-13H2,1-2H3. The van der Waals surface area contributed by atoms with Gasteiger partial charge in [0.15, 0.2) is 0 Å². The number of nitrogens with zero attached hydrogens (tertiary/aromatic N) is 2. The fourth-order valence-electron chi connectivity index (χ4n) is 2.49. The molecule has 1 aromatic carbocycles. The Kier molecular flexibility index (Phi) is 7.06. The van der Waals surface area contributed by atoms with Gasteiger partial charge in [-0.05, 0) is 30.2 Å². The summed E-state index contributed by atoms with van der Waals surface area (Å²) in [4.78, 5) is 6.87. The van der Waals surface area contributed by atoms with E-state index in [4.69, 9.17) is 21.1 Å². The first-order chi connectivity index (χ1) is 10.8. The molecule has 0 atom stereocenters. The fourth-order valence-corrected chi connectivity index (χ4v) is 2.70. The number of benzene rings is 1. The average molecular weight is 323 g/mol. The predicted molar refractivity (Wildman–Crippen MR) is 90.4 cm³/mol. The Balaban J connectivity index is 2.16. The zero-order valence-corrected chi connectivity index (χ0v) is 14.0. The van der Waals surface area contributed by atoms with E-state index >= 15 is 0 Å². The molecule has 1 heterocycles. The minimum absolute atomic E-state index is 0.714. The molecule has 0 aliphatic rings. The van der Waals surface area contributed by atoms with E-state index in [1.165, 1.54) is 5.56 Å². The van der Waals surface area contributed by atoms with Crippen molar-refractivity contribution in [1.82, 2.24) is 9.88 Å². The van der Waals surface area contributed by atoms with E-state index in [1.807, 2.05) is 24.4 Å². The molecule has 2 aromatic rings. The molecule has 0 aliphatic heterocycles. The molecule has 1 aromatic heterocycles. The van der Waals surface area contributed by atoms with Gasteiger partial charge in [-0.1, -0.05) is 17.7 Å². The highest BCUT2D eigenvalue weighted by Gasteiger charge is 2.10. The first kappa shape index (κ1) is 17.2. The van der Waals surface area contributed by atoms with Crippen molar-refractivity contribution in [3.63, 3.8) is 0 Å². The van der Waals surface area contributed by atoms with Crippen LogP contribution in [-0.4, -0.2) is 50.4 Å². The van der Waals surface area contributed by atoms with Crippen molar-refractivity contribution >= 4 is 22.5 Å². The Hall–Kier alpha value is -1.20. The summed E-state index contributed by atoms with van der Waals surface area (Å²) in [6, 6.07) is 7.94. The third kappa shape index (κ3) is 4.65. The van der Waals surface area contributed by atoms with Crippen LogP contribution < -0.4 is 0 Å². The minimum Gasteiger partial charge on any atom is -0.385 e. The lowest BCUT2D eigenvalue weighted by atomic mass is 10.1. The van der Waals surface area contributed by atoms with E-state index in [2.05, 4.69) is 16.0 Å². The van der Waals surface area contributed by atoms with E-state index in [9.17, 15) is 0 Å². The highest BCUT2D eigenvalue weighted by Crippen LogP contribution is 2.25. The van der Waals surface area contributed by atoms with Gasteiger partial charge < -0.3 is 9.47 Å². The molecule has 0 N–H and O–H groups in total. The molecule has 0 saturated heterocycles. The molecular formula is C17H23ClN2O2. The number of methoxy groups -OCH3 is 2. The summed E-state index contributed by atoms with van der Waals surface area (Å²) >= 11 is 6.26. The van der Waals surface area contributed by atoms with E-state index in [-0.39, 0.29) is 0 Å². The molecule has 0 saturated carbocycles. The van der Waals surface area contributed by atoms with Crippen molar-refractivity contribution in [1.29, 1.82) is 0 Å². The van der Waals surface area contributed by atoms with Crippen molar-refractivity contribution in [2.75, 3.05) is 40.5 Å². The third-order valence-electron chi connectivity index (χ3n) is 3.63. The summed E-state index contributed by atoms with van der Waals surface area (Å²) in [7, 11) is 3.46. The smallest absolute Gasteiger partial charge is 0.0761 e. The lowest BCUT2D eigenvalue weighted by Crippen LogP contribution is -2.29. The number of rotatable bonds is 9. The van der Waals surface area contributed by atoms with Gasteiger partial charge in [0.2, 0.25) is 0 Å². The van der Waals surface area contributed by atoms with Crippen molar-refractivity contribution in [2.45, 2.75) is 13.0 Å². The molecule has 0 fully saturated rings. The molecule has 0 unspecified atom stereocenters. The summed E-state index contributed by atoms with van der Waals surface area (Å²) < 4.78 is 10.4. The van der Waals surface area contributed by atoms with Crippen molar-refractivity contribution < 1.29 is 9.47 Å². The van der Waals surface area contributed by atoms with Gasteiger partial charge in [-0.2, -0.15) is 0 Å². The van der Waals surface area contributed by atoms with E-state index in [0.29, 0.717) is 6.61 Å². The molecule has 22 heavy (non-hydrogen) atoms. The van der Waals surface area contributed by atoms with Crippen LogP contribution in [0.15, 0.2) is 30.5 Å². The number of ether oxygens (including phenoxy) is 2. The molecule has 0 amide bonds. The lowest BCUT2D eigenvalue weighted by molar-refractivity contribution is 0.129. The van der Waals surface area contributed by atoms with Gasteiger partial charge in [0.1, 0.15) is 0 Å². The molecule has 2 rings (SSSR count). The van der Waals surface area contributed by atoms with Gasteiger partial charge in [0, 0.05) is 57.1 Å². The summed E-state index contributed by atoms with van der Waals surface area (Å²) in [5.74, 6) is 0. The summed E-state index contributed by atoms with van der Waals surface area (Å²) in [6.07, 6.45) is 2.81.